The fourth-order valence-corrected chi connectivity index (χ4v) is 4.32. The predicted molar refractivity (Wildman–Crippen MR) is 85.8 cm³/mol. The zero-order valence-corrected chi connectivity index (χ0v) is 12.9. The van der Waals surface area contributed by atoms with Gasteiger partial charge in [0.2, 0.25) is 0 Å². The molecule has 3 aromatic rings. The van der Waals surface area contributed by atoms with Crippen LogP contribution in [0.15, 0.2) is 43.0 Å². The van der Waals surface area contributed by atoms with Gasteiger partial charge >= 0.3 is 0 Å². The first-order chi connectivity index (χ1) is 11.3. The van der Waals surface area contributed by atoms with Crippen LogP contribution in [-0.2, 0) is 6.54 Å². The van der Waals surface area contributed by atoms with Crippen LogP contribution >= 0.6 is 0 Å². The van der Waals surface area contributed by atoms with Gasteiger partial charge in [-0.3, -0.25) is 4.68 Å². The van der Waals surface area contributed by atoms with Gasteiger partial charge in [-0.2, -0.15) is 5.10 Å². The molecule has 5 rings (SSSR count). The van der Waals surface area contributed by atoms with Crippen LogP contribution in [0.3, 0.4) is 0 Å². The summed E-state index contributed by atoms with van der Waals surface area (Å²) in [5.41, 5.74) is 5.71. The maximum absolute atomic E-state index is 11.0. The van der Waals surface area contributed by atoms with Crippen LogP contribution in [0.2, 0.25) is 0 Å². The third kappa shape index (κ3) is 1.65. The van der Waals surface area contributed by atoms with Crippen LogP contribution < -0.4 is 0 Å². The highest BCUT2D eigenvalue weighted by atomic mass is 16.3. The molecular weight excluding hydrogens is 288 g/mol. The average Bonchev–Trinajstić information content (AvgIpc) is 3.23. The van der Waals surface area contributed by atoms with Crippen molar-refractivity contribution in [2.75, 3.05) is 0 Å². The van der Waals surface area contributed by atoms with E-state index in [0.29, 0.717) is 0 Å². The number of rotatable bonds is 1. The van der Waals surface area contributed by atoms with Crippen molar-refractivity contribution < 1.29 is 5.11 Å². The Balaban J connectivity index is 1.65. The number of nitrogens with zero attached hydrogens (tertiary/aromatic N) is 4. The third-order valence-electron chi connectivity index (χ3n) is 5.36. The Bertz CT molecular complexity index is 894. The molecule has 0 saturated carbocycles. The third-order valence-corrected chi connectivity index (χ3v) is 5.36. The highest BCUT2D eigenvalue weighted by Gasteiger charge is 2.41. The monoisotopic (exact) mass is 306 g/mol. The molecule has 5 nitrogen and oxygen atoms in total. The van der Waals surface area contributed by atoms with E-state index in [9.17, 15) is 5.11 Å². The molecule has 0 saturated heterocycles. The zero-order chi connectivity index (χ0) is 15.6. The SMILES string of the molecule is Cc1cnn2c1[C@@H](O)[C@H](C1c3ccccc3-c3cncn31)CC2. The predicted octanol–water partition coefficient (Wildman–Crippen LogP) is 2.71. The zero-order valence-electron chi connectivity index (χ0n) is 12.9. The lowest BCUT2D eigenvalue weighted by molar-refractivity contribution is 0.0520. The van der Waals surface area contributed by atoms with Gasteiger partial charge in [0.25, 0.3) is 0 Å². The lowest BCUT2D eigenvalue weighted by atomic mass is 9.82. The van der Waals surface area contributed by atoms with Crippen LogP contribution in [0.25, 0.3) is 11.3 Å². The summed E-state index contributed by atoms with van der Waals surface area (Å²) in [5, 5.41) is 15.4. The molecular formula is C18H18N4O. The molecule has 0 aliphatic carbocycles. The molecule has 2 aromatic heterocycles. The minimum Gasteiger partial charge on any atom is -0.386 e. The Morgan fingerprint density at radius 3 is 3.00 bits per heavy atom. The molecule has 2 aliphatic heterocycles. The largest absolute Gasteiger partial charge is 0.386 e. The molecule has 4 heterocycles. The van der Waals surface area contributed by atoms with E-state index >= 15 is 0 Å². The number of aromatic nitrogens is 4. The summed E-state index contributed by atoms with van der Waals surface area (Å²) in [7, 11) is 0. The van der Waals surface area contributed by atoms with Crippen molar-refractivity contribution in [1.29, 1.82) is 0 Å². The van der Waals surface area contributed by atoms with Gasteiger partial charge in [-0.15, -0.1) is 0 Å². The summed E-state index contributed by atoms with van der Waals surface area (Å²) >= 11 is 0. The quantitative estimate of drug-likeness (QED) is 0.752. The molecule has 5 heteroatoms. The summed E-state index contributed by atoms with van der Waals surface area (Å²) in [6, 6.07) is 8.61. The summed E-state index contributed by atoms with van der Waals surface area (Å²) in [5.74, 6) is 0.134. The van der Waals surface area contributed by atoms with Crippen molar-refractivity contribution >= 4 is 0 Å². The van der Waals surface area contributed by atoms with Gasteiger partial charge in [-0.25, -0.2) is 4.98 Å². The van der Waals surface area contributed by atoms with Gasteiger partial charge in [0.05, 0.1) is 36.2 Å². The maximum atomic E-state index is 11.0. The van der Waals surface area contributed by atoms with Gasteiger partial charge in [-0.1, -0.05) is 24.3 Å². The number of benzene rings is 1. The molecule has 0 bridgehead atoms. The Labute approximate surface area is 134 Å². The Morgan fingerprint density at radius 1 is 1.22 bits per heavy atom. The van der Waals surface area contributed by atoms with Gasteiger partial charge < -0.3 is 9.67 Å². The first kappa shape index (κ1) is 13.1. The van der Waals surface area contributed by atoms with Gasteiger partial charge in [0.1, 0.15) is 6.10 Å². The van der Waals surface area contributed by atoms with Crippen molar-refractivity contribution in [2.24, 2.45) is 5.92 Å². The van der Waals surface area contributed by atoms with Crippen LogP contribution in [-0.4, -0.2) is 24.4 Å². The van der Waals surface area contributed by atoms with Crippen LogP contribution in [0.5, 0.6) is 0 Å². The minimum atomic E-state index is -0.502. The molecule has 23 heavy (non-hydrogen) atoms. The number of aryl methyl sites for hydroxylation is 2. The molecule has 0 radical (unpaired) electrons. The smallest absolute Gasteiger partial charge is 0.101 e. The van der Waals surface area contributed by atoms with Crippen LogP contribution in [0.4, 0.5) is 0 Å². The summed E-state index contributed by atoms with van der Waals surface area (Å²) in [4.78, 5) is 4.33. The Kier molecular flexibility index (Phi) is 2.59. The van der Waals surface area contributed by atoms with Gasteiger partial charge in [0.15, 0.2) is 0 Å². The maximum Gasteiger partial charge on any atom is 0.101 e. The van der Waals surface area contributed by atoms with E-state index in [1.807, 2.05) is 30.3 Å². The molecule has 3 atom stereocenters. The number of aliphatic hydroxyl groups is 1. The fourth-order valence-electron chi connectivity index (χ4n) is 4.32. The van der Waals surface area contributed by atoms with E-state index in [4.69, 9.17) is 0 Å². The average molecular weight is 306 g/mol. The van der Waals surface area contributed by atoms with Crippen molar-refractivity contribution in [3.05, 3.63) is 59.8 Å². The van der Waals surface area contributed by atoms with E-state index < -0.39 is 6.10 Å². The molecule has 1 aromatic carbocycles. The number of hydrogen-bond acceptors (Lipinski definition) is 3. The second-order valence-electron chi connectivity index (χ2n) is 6.55. The highest BCUT2D eigenvalue weighted by Crippen LogP contribution is 2.48. The number of hydrogen-bond donors (Lipinski definition) is 1. The molecule has 0 fully saturated rings. The molecule has 0 amide bonds. The van der Waals surface area contributed by atoms with E-state index in [1.54, 1.807) is 0 Å². The second kappa shape index (κ2) is 4.55. The Hall–Kier alpha value is -2.40. The minimum absolute atomic E-state index is 0.134. The molecule has 1 N–H and O–H groups in total. The van der Waals surface area contributed by atoms with Crippen molar-refractivity contribution in [1.82, 2.24) is 19.3 Å². The highest BCUT2D eigenvalue weighted by molar-refractivity contribution is 5.69. The van der Waals surface area contributed by atoms with Crippen LogP contribution in [0.1, 0.15) is 35.4 Å². The standard InChI is InChI=1S/C18H18N4O/c1-11-8-20-22-7-6-14(18(23)16(11)22)17-13-5-3-2-4-12(13)15-9-19-10-21(15)17/h2-5,8-10,14,17-18,23H,6-7H2,1H3/t14-,17?,18-/m0/s1. The normalized spacial score (nSPS) is 25.0. The lowest BCUT2D eigenvalue weighted by Crippen LogP contribution is -2.31. The van der Waals surface area contributed by atoms with E-state index in [2.05, 4.69) is 38.9 Å². The first-order valence-corrected chi connectivity index (χ1v) is 8.07. The fraction of sp³-hybridized carbons (Fsp3) is 0.333. The first-order valence-electron chi connectivity index (χ1n) is 8.07. The number of fused-ring (bicyclic) bond motifs is 4. The van der Waals surface area contributed by atoms with Crippen molar-refractivity contribution in [3.8, 4) is 11.3 Å². The summed E-state index contributed by atoms with van der Waals surface area (Å²) in [6.45, 7) is 2.88. The van der Waals surface area contributed by atoms with Crippen molar-refractivity contribution in [2.45, 2.75) is 32.0 Å². The van der Waals surface area contributed by atoms with Crippen LogP contribution in [0, 0.1) is 12.8 Å². The van der Waals surface area contributed by atoms with Gasteiger partial charge in [-0.05, 0) is 24.5 Å². The van der Waals surface area contributed by atoms with E-state index in [0.717, 1.165) is 29.9 Å². The van der Waals surface area contributed by atoms with E-state index in [1.165, 1.54) is 11.1 Å². The summed E-state index contributed by atoms with van der Waals surface area (Å²) in [6.07, 6.45) is 6.07. The Morgan fingerprint density at radius 2 is 2.09 bits per heavy atom. The second-order valence-corrected chi connectivity index (χ2v) is 6.55. The molecule has 116 valence electrons. The molecule has 2 aliphatic rings. The molecule has 1 unspecified atom stereocenters. The topological polar surface area (TPSA) is 55.9 Å². The summed E-state index contributed by atoms with van der Waals surface area (Å²) < 4.78 is 4.17. The molecule has 0 spiro atoms. The number of aliphatic hydroxyl groups excluding tert-OH is 1. The van der Waals surface area contributed by atoms with Gasteiger partial charge in [0, 0.05) is 18.0 Å². The van der Waals surface area contributed by atoms with Crippen molar-refractivity contribution in [3.63, 3.8) is 0 Å². The lowest BCUT2D eigenvalue weighted by Gasteiger charge is -2.34. The van der Waals surface area contributed by atoms with E-state index in [-0.39, 0.29) is 12.0 Å². The number of imidazole rings is 1.